The summed E-state index contributed by atoms with van der Waals surface area (Å²) in [4.78, 5) is 10.8. The third kappa shape index (κ3) is 17.0. The normalized spacial score (nSPS) is 11.2. The van der Waals surface area contributed by atoms with Crippen molar-refractivity contribution in [3.63, 3.8) is 0 Å². The fraction of sp³-hybridized carbons (Fsp3) is 0.850. The van der Waals surface area contributed by atoms with E-state index in [9.17, 15) is 4.79 Å². The van der Waals surface area contributed by atoms with Crippen LogP contribution in [-0.4, -0.2) is 112 Å². The van der Waals surface area contributed by atoms with Gasteiger partial charge in [-0.2, -0.15) is 0 Å². The Labute approximate surface area is 189 Å². The molecule has 1 amide bonds. The van der Waals surface area contributed by atoms with Crippen molar-refractivity contribution in [2.24, 2.45) is 0 Å². The summed E-state index contributed by atoms with van der Waals surface area (Å²) in [5.74, 6) is -0.413. The van der Waals surface area contributed by atoms with Gasteiger partial charge in [-0.3, -0.25) is 9.48 Å². The number of hydrogen-bond donors (Lipinski definition) is 2. The number of nitrogens with zero attached hydrogens (tertiary/aromatic N) is 3. The predicted octanol–water partition coefficient (Wildman–Crippen LogP) is -0.604. The van der Waals surface area contributed by atoms with Crippen LogP contribution in [0.2, 0.25) is 0 Å². The molecule has 1 heterocycles. The molecule has 0 saturated carbocycles. The number of rotatable bonds is 23. The van der Waals surface area contributed by atoms with Crippen molar-refractivity contribution in [1.82, 2.24) is 20.3 Å². The van der Waals surface area contributed by atoms with Crippen molar-refractivity contribution in [3.8, 4) is 0 Å². The summed E-state index contributed by atoms with van der Waals surface area (Å²) in [6, 6.07) is 0. The van der Waals surface area contributed by atoms with Gasteiger partial charge in [-0.1, -0.05) is 12.1 Å². The van der Waals surface area contributed by atoms with Crippen LogP contribution in [0.1, 0.15) is 19.0 Å². The molecule has 1 rings (SSSR count). The van der Waals surface area contributed by atoms with Gasteiger partial charge in [0.25, 0.3) is 0 Å². The summed E-state index contributed by atoms with van der Waals surface area (Å²) < 4.78 is 34.2. The zero-order valence-electron chi connectivity index (χ0n) is 19.0. The van der Waals surface area contributed by atoms with Gasteiger partial charge >= 0.3 is 0 Å². The number of aromatic nitrogens is 3. The molecule has 0 bridgehead atoms. The molecule has 0 aliphatic carbocycles. The summed E-state index contributed by atoms with van der Waals surface area (Å²) in [6.07, 6.45) is 2.92. The first-order valence-electron chi connectivity index (χ1n) is 11.0. The van der Waals surface area contributed by atoms with E-state index in [0.29, 0.717) is 85.8 Å². The Kier molecular flexibility index (Phi) is 18.8. The molecule has 0 aliphatic heterocycles. The minimum atomic E-state index is -0.510. The lowest BCUT2D eigenvalue weighted by atomic mass is 10.5. The van der Waals surface area contributed by atoms with Gasteiger partial charge in [0.15, 0.2) is 0 Å². The van der Waals surface area contributed by atoms with Crippen LogP contribution >= 0.6 is 0 Å². The molecule has 0 aromatic carbocycles. The molecule has 0 unspecified atom stereocenters. The van der Waals surface area contributed by atoms with E-state index < -0.39 is 12.5 Å². The van der Waals surface area contributed by atoms with Crippen molar-refractivity contribution < 1.29 is 38.3 Å². The van der Waals surface area contributed by atoms with Crippen LogP contribution in [0.5, 0.6) is 0 Å². The molecule has 32 heavy (non-hydrogen) atoms. The smallest absolute Gasteiger partial charge is 0.245 e. The van der Waals surface area contributed by atoms with Crippen LogP contribution in [0.25, 0.3) is 0 Å². The monoisotopic (exact) mass is 462 g/mol. The quantitative estimate of drug-likeness (QED) is 0.203. The molecule has 1 aromatic rings. The van der Waals surface area contributed by atoms with Crippen molar-refractivity contribution in [2.45, 2.75) is 26.5 Å². The van der Waals surface area contributed by atoms with Crippen LogP contribution in [0.4, 0.5) is 0 Å². The van der Waals surface area contributed by atoms with Crippen molar-refractivity contribution in [2.75, 3.05) is 85.8 Å². The number of nitrogens with one attached hydrogen (secondary N) is 1. The molecular formula is C20H38N4O8. The van der Waals surface area contributed by atoms with E-state index in [4.69, 9.17) is 33.5 Å². The number of hydrogen-bond acceptors (Lipinski definition) is 10. The zero-order chi connectivity index (χ0) is 23.1. The Hall–Kier alpha value is -1.67. The Morgan fingerprint density at radius 2 is 1.38 bits per heavy atom. The molecule has 0 atom stereocenters. The van der Waals surface area contributed by atoms with E-state index in [1.165, 1.54) is 0 Å². The van der Waals surface area contributed by atoms with E-state index in [1.54, 1.807) is 0 Å². The van der Waals surface area contributed by atoms with Gasteiger partial charge in [0, 0.05) is 13.1 Å². The fourth-order valence-electron chi connectivity index (χ4n) is 2.34. The highest BCUT2D eigenvalue weighted by Gasteiger charge is 2.00. The van der Waals surface area contributed by atoms with Crippen LogP contribution in [0.3, 0.4) is 0 Å². The summed E-state index contributed by atoms with van der Waals surface area (Å²) in [5.41, 5.74) is 0.821. The first-order chi connectivity index (χ1) is 15.8. The summed E-state index contributed by atoms with van der Waals surface area (Å²) in [7, 11) is 0. The molecule has 1 aromatic heterocycles. The lowest BCUT2D eigenvalue weighted by Crippen LogP contribution is -2.29. The lowest BCUT2D eigenvalue weighted by molar-refractivity contribution is -0.124. The molecule has 0 aliphatic rings. The van der Waals surface area contributed by atoms with E-state index in [1.807, 2.05) is 10.9 Å². The van der Waals surface area contributed by atoms with Gasteiger partial charge in [0.2, 0.25) is 5.91 Å². The maximum absolute atomic E-state index is 10.8. The van der Waals surface area contributed by atoms with Gasteiger partial charge < -0.3 is 38.8 Å². The highest BCUT2D eigenvalue weighted by Crippen LogP contribution is 1.97. The fourth-order valence-corrected chi connectivity index (χ4v) is 2.34. The van der Waals surface area contributed by atoms with Gasteiger partial charge in [-0.05, 0) is 6.42 Å². The second-order valence-corrected chi connectivity index (χ2v) is 6.60. The van der Waals surface area contributed by atoms with E-state index in [0.717, 1.165) is 18.7 Å². The number of aryl methyl sites for hydroxylation is 1. The van der Waals surface area contributed by atoms with Crippen LogP contribution < -0.4 is 5.32 Å². The van der Waals surface area contributed by atoms with E-state index in [2.05, 4.69) is 22.6 Å². The number of aliphatic hydroxyl groups is 1. The molecule has 0 fully saturated rings. The maximum atomic E-state index is 10.8. The Balaban J connectivity index is 1.71. The van der Waals surface area contributed by atoms with Crippen molar-refractivity contribution >= 4 is 5.91 Å². The zero-order valence-corrected chi connectivity index (χ0v) is 19.0. The topological polar surface area (TPSA) is 135 Å². The average molecular weight is 463 g/mol. The number of amides is 1. The number of carbonyl (C=O) groups excluding carboxylic acids is 1. The van der Waals surface area contributed by atoms with Crippen LogP contribution in [0, 0.1) is 0 Å². The first kappa shape index (κ1) is 28.4. The van der Waals surface area contributed by atoms with Gasteiger partial charge in [-0.15, -0.1) is 5.10 Å². The molecular weight excluding hydrogens is 424 g/mol. The van der Waals surface area contributed by atoms with Gasteiger partial charge in [0.05, 0.1) is 85.5 Å². The second kappa shape index (κ2) is 21.2. The maximum Gasteiger partial charge on any atom is 0.245 e. The molecule has 0 saturated heterocycles. The number of ether oxygens (including phenoxy) is 6. The molecule has 12 nitrogen and oxygen atoms in total. The van der Waals surface area contributed by atoms with E-state index in [-0.39, 0.29) is 0 Å². The van der Waals surface area contributed by atoms with Crippen LogP contribution in [0.15, 0.2) is 6.20 Å². The summed E-state index contributed by atoms with van der Waals surface area (Å²) in [5, 5.41) is 19.1. The lowest BCUT2D eigenvalue weighted by Gasteiger charge is -2.08. The highest BCUT2D eigenvalue weighted by atomic mass is 16.6. The van der Waals surface area contributed by atoms with Gasteiger partial charge in [0.1, 0.15) is 12.3 Å². The average Bonchev–Trinajstić information content (AvgIpc) is 3.25. The Bertz CT molecular complexity index is 561. The minimum absolute atomic E-state index is 0.366. The Morgan fingerprint density at radius 3 is 1.88 bits per heavy atom. The summed E-state index contributed by atoms with van der Waals surface area (Å²) in [6.45, 7) is 8.46. The molecule has 0 spiro atoms. The van der Waals surface area contributed by atoms with Gasteiger partial charge in [-0.25, -0.2) is 0 Å². The first-order valence-corrected chi connectivity index (χ1v) is 11.0. The van der Waals surface area contributed by atoms with E-state index >= 15 is 0 Å². The number of aliphatic hydroxyl groups excluding tert-OH is 1. The van der Waals surface area contributed by atoms with Crippen molar-refractivity contribution in [1.29, 1.82) is 0 Å². The standard InChI is InChI=1S/C20H38N4O8/c1-2-4-24-16-19(22-23-24)18-32-15-14-31-13-12-30-11-10-29-9-8-28-7-6-27-5-3-21-20(26)17-25/h16,25H,2-15,17-18H2,1H3,(H,21,26). The molecule has 0 radical (unpaired) electrons. The predicted molar refractivity (Wildman–Crippen MR) is 114 cm³/mol. The molecule has 2 N–H and O–H groups in total. The largest absolute Gasteiger partial charge is 0.387 e. The highest BCUT2D eigenvalue weighted by molar-refractivity contribution is 5.76. The van der Waals surface area contributed by atoms with Crippen LogP contribution in [-0.2, 0) is 46.4 Å². The number of carbonyl (C=O) groups is 1. The van der Waals surface area contributed by atoms with Crippen molar-refractivity contribution in [3.05, 3.63) is 11.9 Å². The summed E-state index contributed by atoms with van der Waals surface area (Å²) >= 11 is 0. The molecule has 12 heteroatoms. The third-order valence-electron chi connectivity index (χ3n) is 3.86. The SMILES string of the molecule is CCCn1cc(COCCOCCOCCOCCOCCOCCNC(=O)CO)nn1. The Morgan fingerprint density at radius 1 is 0.875 bits per heavy atom. The third-order valence-corrected chi connectivity index (χ3v) is 3.86. The second-order valence-electron chi connectivity index (χ2n) is 6.60. The minimum Gasteiger partial charge on any atom is -0.387 e. The molecule has 186 valence electrons.